The molecule has 1 aliphatic heterocycles. The SMILES string of the molecule is CC1(C)CNc2c(ccc3ccccc23)-c2nc3cc4c(cc3n21)C1CCC4C1. The molecule has 1 fully saturated rings. The summed E-state index contributed by atoms with van der Waals surface area (Å²) in [6, 6.07) is 18.0. The largest absolute Gasteiger partial charge is 0.382 e. The van der Waals surface area contributed by atoms with Gasteiger partial charge in [-0.05, 0) is 79.7 Å². The highest BCUT2D eigenvalue weighted by Crippen LogP contribution is 2.54. The minimum Gasteiger partial charge on any atom is -0.382 e. The zero-order valence-electron chi connectivity index (χ0n) is 17.0. The maximum Gasteiger partial charge on any atom is 0.143 e. The molecule has 3 aliphatic rings. The molecule has 2 unspecified atom stereocenters. The summed E-state index contributed by atoms with van der Waals surface area (Å²) < 4.78 is 2.50. The minimum atomic E-state index is -0.0595. The maximum absolute atomic E-state index is 5.24. The average Bonchev–Trinajstić information content (AvgIpc) is 3.41. The molecule has 29 heavy (non-hydrogen) atoms. The molecule has 0 saturated heterocycles. The fraction of sp³-hybridized carbons (Fsp3) is 0.346. The van der Waals surface area contributed by atoms with Crippen LogP contribution in [0.15, 0.2) is 48.5 Å². The monoisotopic (exact) mass is 379 g/mol. The van der Waals surface area contributed by atoms with Crippen LogP contribution in [-0.4, -0.2) is 16.1 Å². The van der Waals surface area contributed by atoms with Crippen LogP contribution in [-0.2, 0) is 5.54 Å². The number of nitrogens with zero attached hydrogens (tertiary/aromatic N) is 2. The molecular weight excluding hydrogens is 354 g/mol. The third-order valence-electron chi connectivity index (χ3n) is 7.64. The Bertz CT molecular complexity index is 1330. The molecule has 0 radical (unpaired) electrons. The smallest absolute Gasteiger partial charge is 0.143 e. The third kappa shape index (κ3) is 2.01. The van der Waals surface area contributed by atoms with Gasteiger partial charge in [-0.25, -0.2) is 4.98 Å². The first-order valence-corrected chi connectivity index (χ1v) is 10.9. The maximum atomic E-state index is 5.24. The average molecular weight is 380 g/mol. The number of imidazole rings is 1. The number of benzene rings is 3. The van der Waals surface area contributed by atoms with Crippen LogP contribution < -0.4 is 5.32 Å². The molecule has 2 bridgehead atoms. The molecule has 0 spiro atoms. The van der Waals surface area contributed by atoms with Crippen LogP contribution in [0, 0.1) is 0 Å². The molecular formula is C26H25N3. The van der Waals surface area contributed by atoms with Gasteiger partial charge in [0, 0.05) is 17.5 Å². The van der Waals surface area contributed by atoms with Crippen molar-refractivity contribution in [2.45, 2.75) is 50.5 Å². The predicted octanol–water partition coefficient (Wildman–Crippen LogP) is 6.38. The lowest BCUT2D eigenvalue weighted by molar-refractivity contribution is 0.396. The van der Waals surface area contributed by atoms with Crippen LogP contribution in [0.1, 0.15) is 56.1 Å². The zero-order valence-corrected chi connectivity index (χ0v) is 17.0. The van der Waals surface area contributed by atoms with Crippen LogP contribution in [0.25, 0.3) is 33.2 Å². The molecule has 2 aliphatic carbocycles. The van der Waals surface area contributed by atoms with Gasteiger partial charge in [0.25, 0.3) is 0 Å². The van der Waals surface area contributed by atoms with Crippen molar-refractivity contribution in [2.75, 3.05) is 11.9 Å². The minimum absolute atomic E-state index is 0.0595. The zero-order chi connectivity index (χ0) is 19.3. The van der Waals surface area contributed by atoms with E-state index in [2.05, 4.69) is 72.3 Å². The van der Waals surface area contributed by atoms with Gasteiger partial charge in [-0.2, -0.15) is 0 Å². The van der Waals surface area contributed by atoms with Gasteiger partial charge in [0.2, 0.25) is 0 Å². The second-order valence-corrected chi connectivity index (χ2v) is 9.82. The van der Waals surface area contributed by atoms with Gasteiger partial charge in [-0.15, -0.1) is 0 Å². The first-order chi connectivity index (χ1) is 14.1. The van der Waals surface area contributed by atoms with Crippen molar-refractivity contribution in [3.63, 3.8) is 0 Å². The van der Waals surface area contributed by atoms with Crippen molar-refractivity contribution in [3.05, 3.63) is 59.7 Å². The lowest BCUT2D eigenvalue weighted by Crippen LogP contribution is -2.33. The summed E-state index contributed by atoms with van der Waals surface area (Å²) in [5.41, 5.74) is 8.03. The fourth-order valence-corrected chi connectivity index (χ4v) is 6.24. The molecule has 4 aromatic rings. The first-order valence-electron chi connectivity index (χ1n) is 10.9. The molecule has 3 nitrogen and oxygen atoms in total. The van der Waals surface area contributed by atoms with Crippen LogP contribution in [0.2, 0.25) is 0 Å². The molecule has 144 valence electrons. The summed E-state index contributed by atoms with van der Waals surface area (Å²) in [5, 5.41) is 6.33. The highest BCUT2D eigenvalue weighted by Gasteiger charge is 2.39. The Labute approximate surface area is 170 Å². The van der Waals surface area contributed by atoms with E-state index >= 15 is 0 Å². The summed E-state index contributed by atoms with van der Waals surface area (Å²) >= 11 is 0. The number of hydrogen-bond donors (Lipinski definition) is 1. The topological polar surface area (TPSA) is 29.9 Å². The van der Waals surface area contributed by atoms with E-state index in [1.165, 1.54) is 52.3 Å². The van der Waals surface area contributed by atoms with Crippen molar-refractivity contribution in [1.82, 2.24) is 9.55 Å². The molecule has 1 N–H and O–H groups in total. The van der Waals surface area contributed by atoms with Crippen LogP contribution in [0.4, 0.5) is 5.69 Å². The van der Waals surface area contributed by atoms with Gasteiger partial charge in [0.1, 0.15) is 5.82 Å². The Hall–Kier alpha value is -2.81. The Morgan fingerprint density at radius 1 is 1.00 bits per heavy atom. The Balaban J connectivity index is 1.57. The Kier molecular flexibility index (Phi) is 2.88. The molecule has 1 aromatic heterocycles. The summed E-state index contributed by atoms with van der Waals surface area (Å²) in [5.74, 6) is 2.65. The molecule has 3 aromatic carbocycles. The van der Waals surface area contributed by atoms with E-state index in [9.17, 15) is 0 Å². The molecule has 2 heterocycles. The first kappa shape index (κ1) is 16.0. The normalized spacial score (nSPS) is 23.5. The van der Waals surface area contributed by atoms with Crippen LogP contribution in [0.3, 0.4) is 0 Å². The van der Waals surface area contributed by atoms with Gasteiger partial charge in [0.05, 0.1) is 22.3 Å². The second kappa shape index (κ2) is 5.21. The Morgan fingerprint density at radius 2 is 1.79 bits per heavy atom. The number of hydrogen-bond acceptors (Lipinski definition) is 2. The summed E-state index contributed by atoms with van der Waals surface area (Å²) in [7, 11) is 0. The number of anilines is 1. The number of nitrogens with one attached hydrogen (secondary N) is 1. The molecule has 0 amide bonds. The van der Waals surface area contributed by atoms with E-state index in [1.807, 2.05) is 0 Å². The molecule has 1 saturated carbocycles. The fourth-order valence-electron chi connectivity index (χ4n) is 6.24. The highest BCUT2D eigenvalue weighted by atomic mass is 15.2. The van der Waals surface area contributed by atoms with Gasteiger partial charge >= 0.3 is 0 Å². The number of fused-ring (bicyclic) bond motifs is 12. The molecule has 2 atom stereocenters. The van der Waals surface area contributed by atoms with Crippen molar-refractivity contribution < 1.29 is 0 Å². The second-order valence-electron chi connectivity index (χ2n) is 9.82. The summed E-state index contributed by atoms with van der Waals surface area (Å²) in [6.07, 6.45) is 4.08. The van der Waals surface area contributed by atoms with Crippen LogP contribution in [0.5, 0.6) is 0 Å². The standard InChI is InChI=1S/C26H25N3/c1-26(2)14-27-24-18-6-4-3-5-15(18)9-10-19(24)25-28-22-12-20-16-7-8-17(11-16)21(20)13-23(22)29(25)26/h3-6,9-10,12-13,16-17,27H,7-8,11,14H2,1-2H3. The predicted molar refractivity (Wildman–Crippen MR) is 120 cm³/mol. The van der Waals surface area contributed by atoms with E-state index in [1.54, 1.807) is 11.1 Å². The van der Waals surface area contributed by atoms with Crippen molar-refractivity contribution in [2.24, 2.45) is 0 Å². The quantitative estimate of drug-likeness (QED) is 0.384. The van der Waals surface area contributed by atoms with E-state index in [0.717, 1.165) is 24.2 Å². The van der Waals surface area contributed by atoms with Gasteiger partial charge in [-0.3, -0.25) is 0 Å². The van der Waals surface area contributed by atoms with E-state index in [4.69, 9.17) is 4.98 Å². The van der Waals surface area contributed by atoms with Crippen LogP contribution >= 0.6 is 0 Å². The Morgan fingerprint density at radius 3 is 2.66 bits per heavy atom. The van der Waals surface area contributed by atoms with E-state index in [0.29, 0.717) is 0 Å². The lowest BCUT2D eigenvalue weighted by atomic mass is 9.91. The highest BCUT2D eigenvalue weighted by molar-refractivity contribution is 6.02. The van der Waals surface area contributed by atoms with Crippen molar-refractivity contribution >= 4 is 27.5 Å². The number of aromatic nitrogens is 2. The third-order valence-corrected chi connectivity index (χ3v) is 7.64. The van der Waals surface area contributed by atoms with Gasteiger partial charge in [0.15, 0.2) is 0 Å². The lowest BCUT2D eigenvalue weighted by Gasteiger charge is -2.28. The van der Waals surface area contributed by atoms with E-state index < -0.39 is 0 Å². The van der Waals surface area contributed by atoms with Crippen molar-refractivity contribution in [3.8, 4) is 11.4 Å². The molecule has 3 heteroatoms. The van der Waals surface area contributed by atoms with Gasteiger partial charge in [-0.1, -0.05) is 30.3 Å². The summed E-state index contributed by atoms with van der Waals surface area (Å²) in [6.45, 7) is 5.55. The number of rotatable bonds is 0. The van der Waals surface area contributed by atoms with E-state index in [-0.39, 0.29) is 5.54 Å². The van der Waals surface area contributed by atoms with Gasteiger partial charge < -0.3 is 9.88 Å². The van der Waals surface area contributed by atoms with Crippen molar-refractivity contribution in [1.29, 1.82) is 0 Å². The molecule has 7 rings (SSSR count). The summed E-state index contributed by atoms with van der Waals surface area (Å²) in [4.78, 5) is 5.24.